The zero-order valence-electron chi connectivity index (χ0n) is 18.4. The van der Waals surface area contributed by atoms with E-state index in [0.717, 1.165) is 28.4 Å². The van der Waals surface area contributed by atoms with Gasteiger partial charge in [-0.2, -0.15) is 0 Å². The van der Waals surface area contributed by atoms with Gasteiger partial charge in [0.1, 0.15) is 5.76 Å². The first-order chi connectivity index (χ1) is 16.4. The van der Waals surface area contributed by atoms with Crippen LogP contribution in [0.15, 0.2) is 86.5 Å². The highest BCUT2D eigenvalue weighted by Gasteiger charge is 2.18. The van der Waals surface area contributed by atoms with Gasteiger partial charge in [-0.1, -0.05) is 41.4 Å². The van der Waals surface area contributed by atoms with Crippen LogP contribution < -0.4 is 10.4 Å². The molecule has 0 fully saturated rings. The largest absolute Gasteiger partial charge is 0.467 e. The molecule has 0 radical (unpaired) electrons. The molecule has 6 nitrogen and oxygen atoms in total. The Kier molecular flexibility index (Phi) is 6.08. The summed E-state index contributed by atoms with van der Waals surface area (Å²) in [6.45, 7) is 2.31. The van der Waals surface area contributed by atoms with Gasteiger partial charge in [0.2, 0.25) is 0 Å². The molecule has 0 aliphatic carbocycles. The maximum absolute atomic E-state index is 13.4. The SMILES string of the molecule is Cc1c(N=c2scc(-c3cc(Cl)ccc3Cl)n2Cc2ccco2)c(=O)n(-c2ccccc2)n1C. The van der Waals surface area contributed by atoms with Crippen molar-refractivity contribution in [3.63, 3.8) is 0 Å². The normalized spacial score (nSPS) is 11.9. The van der Waals surface area contributed by atoms with Crippen molar-refractivity contribution in [2.75, 3.05) is 0 Å². The average molecular weight is 511 g/mol. The molecule has 0 saturated carbocycles. The number of aromatic nitrogens is 3. The molecule has 0 aliphatic heterocycles. The Bertz CT molecular complexity index is 1590. The molecule has 3 heterocycles. The van der Waals surface area contributed by atoms with Gasteiger partial charge in [-0.3, -0.25) is 9.48 Å². The van der Waals surface area contributed by atoms with E-state index in [0.29, 0.717) is 27.1 Å². The predicted molar refractivity (Wildman–Crippen MR) is 137 cm³/mol. The third-order valence-electron chi connectivity index (χ3n) is 5.63. The topological polar surface area (TPSA) is 57.4 Å². The van der Waals surface area contributed by atoms with Gasteiger partial charge < -0.3 is 8.98 Å². The molecule has 0 atom stereocenters. The van der Waals surface area contributed by atoms with Crippen molar-refractivity contribution < 1.29 is 4.42 Å². The first kappa shape index (κ1) is 22.5. The van der Waals surface area contributed by atoms with Crippen LogP contribution in [0.5, 0.6) is 0 Å². The second-order valence-corrected chi connectivity index (χ2v) is 9.40. The number of benzene rings is 2. The Hall–Kier alpha value is -3.26. The van der Waals surface area contributed by atoms with Crippen LogP contribution in [-0.4, -0.2) is 13.9 Å². The number of furan rings is 1. The van der Waals surface area contributed by atoms with Gasteiger partial charge in [-0.25, -0.2) is 9.67 Å². The standard InChI is InChI=1S/C25H20Cl2N4O2S/c1-16-23(24(32)31(29(16)2)18-7-4-3-5-8-18)28-25-30(14-19-9-6-12-33-19)22(15-34-25)20-13-17(26)10-11-21(20)27/h3-13,15H,14H2,1-2H3. The van der Waals surface area contributed by atoms with Crippen molar-refractivity contribution in [3.05, 3.63) is 109 Å². The molecule has 5 rings (SSSR count). The molecule has 172 valence electrons. The van der Waals surface area contributed by atoms with Crippen LogP contribution in [0.4, 0.5) is 5.69 Å². The Morgan fingerprint density at radius 1 is 1.06 bits per heavy atom. The highest BCUT2D eigenvalue weighted by molar-refractivity contribution is 7.07. The van der Waals surface area contributed by atoms with Crippen LogP contribution in [0.1, 0.15) is 11.5 Å². The number of hydrogen-bond donors (Lipinski definition) is 0. The van der Waals surface area contributed by atoms with Crippen molar-refractivity contribution in [2.45, 2.75) is 13.5 Å². The van der Waals surface area contributed by atoms with E-state index in [-0.39, 0.29) is 5.56 Å². The summed E-state index contributed by atoms with van der Waals surface area (Å²) >= 11 is 14.2. The molecule has 0 spiro atoms. The molecule has 0 N–H and O–H groups in total. The highest BCUT2D eigenvalue weighted by atomic mass is 35.5. The van der Waals surface area contributed by atoms with Gasteiger partial charge in [0, 0.05) is 23.0 Å². The van der Waals surface area contributed by atoms with E-state index in [1.165, 1.54) is 11.3 Å². The van der Waals surface area contributed by atoms with E-state index in [4.69, 9.17) is 32.6 Å². The van der Waals surface area contributed by atoms with Crippen molar-refractivity contribution >= 4 is 40.2 Å². The minimum Gasteiger partial charge on any atom is -0.467 e. The third kappa shape index (κ3) is 4.07. The molecule has 5 aromatic rings. The van der Waals surface area contributed by atoms with E-state index in [2.05, 4.69) is 0 Å². The van der Waals surface area contributed by atoms with Crippen LogP contribution in [0.3, 0.4) is 0 Å². The minimum absolute atomic E-state index is 0.188. The molecule has 0 amide bonds. The zero-order chi connectivity index (χ0) is 23.8. The molecule has 0 aliphatic rings. The van der Waals surface area contributed by atoms with Gasteiger partial charge in [-0.05, 0) is 49.4 Å². The lowest BCUT2D eigenvalue weighted by Crippen LogP contribution is -2.20. The van der Waals surface area contributed by atoms with E-state index in [1.807, 2.05) is 77.1 Å². The Morgan fingerprint density at radius 3 is 2.59 bits per heavy atom. The fraction of sp³-hybridized carbons (Fsp3) is 0.120. The number of hydrogen-bond acceptors (Lipinski definition) is 4. The summed E-state index contributed by atoms with van der Waals surface area (Å²) in [7, 11) is 1.85. The summed E-state index contributed by atoms with van der Waals surface area (Å²) in [6.07, 6.45) is 1.63. The number of para-hydroxylation sites is 1. The smallest absolute Gasteiger partial charge is 0.297 e. The van der Waals surface area contributed by atoms with E-state index < -0.39 is 0 Å². The summed E-state index contributed by atoms with van der Waals surface area (Å²) in [6, 6.07) is 18.6. The van der Waals surface area contributed by atoms with Gasteiger partial charge in [0.05, 0.1) is 34.9 Å². The molecule has 3 aromatic heterocycles. The first-order valence-electron chi connectivity index (χ1n) is 10.5. The number of halogens is 2. The number of thiazole rings is 1. The Balaban J connectivity index is 1.72. The lowest BCUT2D eigenvalue weighted by molar-refractivity contribution is 0.492. The highest BCUT2D eigenvalue weighted by Crippen LogP contribution is 2.31. The predicted octanol–water partition coefficient (Wildman–Crippen LogP) is 6.19. The Labute approximate surface area is 209 Å². The van der Waals surface area contributed by atoms with Crippen LogP contribution >= 0.6 is 34.5 Å². The lowest BCUT2D eigenvalue weighted by atomic mass is 10.1. The lowest BCUT2D eigenvalue weighted by Gasteiger charge is -2.09. The van der Waals surface area contributed by atoms with E-state index in [9.17, 15) is 4.79 Å². The summed E-state index contributed by atoms with van der Waals surface area (Å²) in [5, 5.41) is 3.12. The third-order valence-corrected chi connectivity index (χ3v) is 7.06. The van der Waals surface area contributed by atoms with Crippen LogP contribution in [0, 0.1) is 6.92 Å². The minimum atomic E-state index is -0.188. The molecule has 0 bridgehead atoms. The average Bonchev–Trinajstić information content (AvgIpc) is 3.54. The summed E-state index contributed by atoms with van der Waals surface area (Å²) in [5.41, 5.74) is 3.35. The quantitative estimate of drug-likeness (QED) is 0.282. The molecule has 34 heavy (non-hydrogen) atoms. The first-order valence-corrected chi connectivity index (χ1v) is 12.1. The maximum atomic E-state index is 13.4. The molecule has 0 saturated heterocycles. The van der Waals surface area contributed by atoms with E-state index >= 15 is 0 Å². The number of rotatable bonds is 5. The van der Waals surface area contributed by atoms with Crippen LogP contribution in [-0.2, 0) is 13.6 Å². The van der Waals surface area contributed by atoms with Crippen molar-refractivity contribution in [2.24, 2.45) is 12.0 Å². The second kappa shape index (κ2) is 9.18. The van der Waals surface area contributed by atoms with Crippen molar-refractivity contribution in [1.29, 1.82) is 0 Å². The van der Waals surface area contributed by atoms with Crippen LogP contribution in [0.2, 0.25) is 10.0 Å². The van der Waals surface area contributed by atoms with Gasteiger partial charge in [0.25, 0.3) is 5.56 Å². The van der Waals surface area contributed by atoms with Crippen LogP contribution in [0.25, 0.3) is 16.9 Å². The van der Waals surface area contributed by atoms with Gasteiger partial charge in [0.15, 0.2) is 10.5 Å². The van der Waals surface area contributed by atoms with Crippen molar-refractivity contribution in [1.82, 2.24) is 13.9 Å². The molecule has 0 unspecified atom stereocenters. The fourth-order valence-electron chi connectivity index (χ4n) is 3.82. The van der Waals surface area contributed by atoms with E-state index in [1.54, 1.807) is 23.1 Å². The summed E-state index contributed by atoms with van der Waals surface area (Å²) < 4.78 is 11.0. The van der Waals surface area contributed by atoms with Gasteiger partial charge in [-0.15, -0.1) is 11.3 Å². The van der Waals surface area contributed by atoms with Crippen molar-refractivity contribution in [3.8, 4) is 16.9 Å². The molecule has 2 aromatic carbocycles. The zero-order valence-corrected chi connectivity index (χ0v) is 20.7. The summed E-state index contributed by atoms with van der Waals surface area (Å²) in [4.78, 5) is 18.9. The summed E-state index contributed by atoms with van der Waals surface area (Å²) in [5.74, 6) is 0.755. The Morgan fingerprint density at radius 2 is 1.85 bits per heavy atom. The maximum Gasteiger partial charge on any atom is 0.297 e. The monoisotopic (exact) mass is 510 g/mol. The molecular formula is C25H20Cl2N4O2S. The second-order valence-electron chi connectivity index (χ2n) is 7.72. The molecule has 9 heteroatoms. The number of nitrogens with zero attached hydrogens (tertiary/aromatic N) is 4. The molecular weight excluding hydrogens is 491 g/mol. The fourth-order valence-corrected chi connectivity index (χ4v) is 5.11. The van der Waals surface area contributed by atoms with Gasteiger partial charge >= 0.3 is 0 Å².